The number of ketones is 2. The maximum atomic E-state index is 13.6. The number of likely N-dealkylation sites (tertiary alicyclic amines) is 1. The molecule has 0 amide bonds. The van der Waals surface area contributed by atoms with Crippen LogP contribution in [-0.4, -0.2) is 124 Å². The summed E-state index contributed by atoms with van der Waals surface area (Å²) in [4.78, 5) is 37.5. The lowest BCUT2D eigenvalue weighted by molar-refractivity contribution is -0.117. The summed E-state index contributed by atoms with van der Waals surface area (Å²) in [6.07, 6.45) is 5.31. The third-order valence-electron chi connectivity index (χ3n) is 8.81. The van der Waals surface area contributed by atoms with Gasteiger partial charge in [-0.25, -0.2) is 13.8 Å². The minimum atomic E-state index is -0.852. The molecule has 0 spiro atoms. The number of aliphatic hydroxyl groups excluding tert-OH is 1. The van der Waals surface area contributed by atoms with Crippen molar-refractivity contribution in [3.8, 4) is 11.3 Å². The summed E-state index contributed by atoms with van der Waals surface area (Å²) in [5, 5.41) is 12.8. The number of Topliss-reactive ketones (excluding diaryl/α,β-unsaturated/α-hetero) is 1. The Hall–Kier alpha value is -3.32. The number of benzene rings is 1. The van der Waals surface area contributed by atoms with E-state index in [4.69, 9.17) is 4.98 Å². The first kappa shape index (κ1) is 30.7. The van der Waals surface area contributed by atoms with E-state index in [1.165, 1.54) is 12.1 Å². The number of aliphatic hydroxyl groups is 1. The highest BCUT2D eigenvalue weighted by Crippen LogP contribution is 2.34. The number of nitrogens with one attached hydrogen (secondary N) is 1. The second-order valence-corrected chi connectivity index (χ2v) is 12.1. The summed E-state index contributed by atoms with van der Waals surface area (Å²) < 4.78 is 29.0. The normalized spacial score (nSPS) is 21.9. The number of carbonyl (C=O) groups is 2. The second kappa shape index (κ2) is 12.6. The molecule has 1 aromatic carbocycles. The number of imidazole rings is 1. The van der Waals surface area contributed by atoms with Crippen LogP contribution in [0.1, 0.15) is 24.6 Å². The van der Waals surface area contributed by atoms with E-state index < -0.39 is 11.6 Å². The van der Waals surface area contributed by atoms with Crippen LogP contribution in [0.2, 0.25) is 0 Å². The maximum absolute atomic E-state index is 13.6. The average molecular weight is 630 g/mol. The molecule has 2 N–H and O–H groups in total. The van der Waals surface area contributed by atoms with Crippen LogP contribution in [0.15, 0.2) is 47.6 Å². The van der Waals surface area contributed by atoms with E-state index in [2.05, 4.69) is 14.8 Å². The van der Waals surface area contributed by atoms with Crippen molar-refractivity contribution < 1.29 is 23.5 Å². The van der Waals surface area contributed by atoms with Crippen molar-refractivity contribution in [3.63, 3.8) is 0 Å². The van der Waals surface area contributed by atoms with Gasteiger partial charge in [0.05, 0.1) is 17.5 Å². The number of carbonyl (C=O) groups excluding carboxylic acids is 2. The molecule has 0 bridgehead atoms. The Bertz CT molecular complexity index is 1490. The van der Waals surface area contributed by atoms with Crippen molar-refractivity contribution in [1.29, 1.82) is 0 Å². The van der Waals surface area contributed by atoms with Gasteiger partial charge in [0.25, 0.3) is 0 Å². The smallest absolute Gasteiger partial charge is 0.227 e. The van der Waals surface area contributed by atoms with Crippen molar-refractivity contribution in [2.45, 2.75) is 31.4 Å². The molecule has 0 atom stereocenters. The van der Waals surface area contributed by atoms with Gasteiger partial charge in [-0.1, -0.05) is 0 Å². The largest absolute Gasteiger partial charge is 0.390 e. The first-order valence-corrected chi connectivity index (χ1v) is 15.3. The molecule has 10 nitrogen and oxygen atoms in total. The molecule has 0 unspecified atom stereocenters. The van der Waals surface area contributed by atoms with E-state index in [9.17, 15) is 23.5 Å². The van der Waals surface area contributed by atoms with Gasteiger partial charge in [0, 0.05) is 89.2 Å². The number of rotatable bonds is 8. The van der Waals surface area contributed by atoms with Gasteiger partial charge in [0.2, 0.25) is 11.6 Å². The van der Waals surface area contributed by atoms with E-state index in [1.54, 1.807) is 6.07 Å². The molecule has 236 valence electrons. The van der Waals surface area contributed by atoms with Crippen LogP contribution in [0.3, 0.4) is 0 Å². The number of allylic oxidation sites excluding steroid dienone is 1. The van der Waals surface area contributed by atoms with Gasteiger partial charge < -0.3 is 29.7 Å². The predicted molar refractivity (Wildman–Crippen MR) is 162 cm³/mol. The first-order chi connectivity index (χ1) is 20.9. The highest BCUT2D eigenvalue weighted by molar-refractivity contribution is 6.22. The highest BCUT2D eigenvalue weighted by atomic mass is 35.5. The molecule has 0 saturated carbocycles. The van der Waals surface area contributed by atoms with Crippen LogP contribution in [0.4, 0.5) is 8.78 Å². The zero-order chi connectivity index (χ0) is 29.7. The summed E-state index contributed by atoms with van der Waals surface area (Å²) >= 11 is 0. The van der Waals surface area contributed by atoms with E-state index in [0.29, 0.717) is 47.4 Å². The quantitative estimate of drug-likeness (QED) is 0.333. The van der Waals surface area contributed by atoms with Crippen LogP contribution >= 0.6 is 12.4 Å². The van der Waals surface area contributed by atoms with Crippen LogP contribution in [0, 0.1) is 11.6 Å². The van der Waals surface area contributed by atoms with Crippen molar-refractivity contribution in [2.75, 3.05) is 72.0 Å². The number of piperidine rings is 1. The lowest BCUT2D eigenvalue weighted by Gasteiger charge is -2.36. The van der Waals surface area contributed by atoms with Crippen LogP contribution < -0.4 is 5.32 Å². The van der Waals surface area contributed by atoms with Gasteiger partial charge in [0.1, 0.15) is 17.2 Å². The van der Waals surface area contributed by atoms with Gasteiger partial charge in [-0.15, -0.1) is 12.4 Å². The molecule has 6 aliphatic rings. The Labute approximate surface area is 261 Å². The maximum Gasteiger partial charge on any atom is 0.227 e. The van der Waals surface area contributed by atoms with Crippen LogP contribution in [-0.2, 0) is 16.1 Å². The van der Waals surface area contributed by atoms with Crippen LogP contribution in [0.5, 0.6) is 0 Å². The van der Waals surface area contributed by atoms with Crippen LogP contribution in [0.25, 0.3) is 11.3 Å². The van der Waals surface area contributed by atoms with E-state index in [-0.39, 0.29) is 30.1 Å². The first-order valence-electron chi connectivity index (χ1n) is 15.3. The number of halogens is 3. The van der Waals surface area contributed by atoms with Crippen molar-refractivity contribution in [3.05, 3.63) is 65.0 Å². The number of hydrogen-bond acceptors (Lipinski definition) is 9. The SMILES string of the molecule is Cl.O=C1C=C(N2CC2)C(=O)C(N2CC2)=C1N1CC1.OC1CN(CCn2cc(-c3ccc(F)c(F)c3)nc2C2CCNCC2)C1. The zero-order valence-electron chi connectivity index (χ0n) is 24.6. The molecule has 5 saturated heterocycles. The van der Waals surface area contributed by atoms with E-state index in [1.807, 2.05) is 20.9 Å². The molecule has 13 heteroatoms. The molecule has 0 radical (unpaired) electrons. The van der Waals surface area contributed by atoms with Gasteiger partial charge >= 0.3 is 0 Å². The van der Waals surface area contributed by atoms with E-state index in [0.717, 1.165) is 90.2 Å². The number of β-amino-alcohol motifs (C(OH)–C–C–N with tert-alkyl or cyclic N) is 1. The molecular formula is C31H38ClF2N7O3. The molecule has 6 heterocycles. The van der Waals surface area contributed by atoms with Gasteiger partial charge in [-0.05, 0) is 44.1 Å². The Morgan fingerprint density at radius 3 is 2.16 bits per heavy atom. The third-order valence-corrected chi connectivity index (χ3v) is 8.81. The third kappa shape index (κ3) is 6.53. The molecule has 5 aliphatic heterocycles. The van der Waals surface area contributed by atoms with Crippen molar-refractivity contribution in [1.82, 2.24) is 34.5 Å². The second-order valence-electron chi connectivity index (χ2n) is 12.1. The standard InChI is InChI=1S/C19H24F2N4O.C12H13N3O2.ClH/c20-16-2-1-14(9-17(16)21)18-12-25(8-7-24-10-15(26)11-24)19(23-18)13-3-5-22-6-4-13;16-9-7-8(13-1-2-13)12(17)11(15-5-6-15)10(9)14-3-4-14;/h1-2,9,12-13,15,22,26H,3-8,10-11H2;7H,1-6H2;1H. The summed E-state index contributed by atoms with van der Waals surface area (Å²) in [6, 6.07) is 3.93. The topological polar surface area (TPSA) is 96.5 Å². The number of aromatic nitrogens is 2. The summed E-state index contributed by atoms with van der Waals surface area (Å²) in [6.45, 7) is 10.4. The summed E-state index contributed by atoms with van der Waals surface area (Å²) in [5.74, 6) is -0.255. The van der Waals surface area contributed by atoms with E-state index >= 15 is 0 Å². The molecular weight excluding hydrogens is 592 g/mol. The minimum absolute atomic E-state index is 0. The van der Waals surface area contributed by atoms with Crippen molar-refractivity contribution in [2.24, 2.45) is 0 Å². The fourth-order valence-corrected chi connectivity index (χ4v) is 6.06. The Morgan fingerprint density at radius 1 is 0.886 bits per heavy atom. The fraction of sp³-hybridized carbons (Fsp3) is 0.516. The molecule has 2 aromatic rings. The molecule has 8 rings (SSSR count). The molecule has 1 aromatic heterocycles. The monoisotopic (exact) mass is 629 g/mol. The minimum Gasteiger partial charge on any atom is -0.390 e. The number of nitrogens with zero attached hydrogens (tertiary/aromatic N) is 6. The lowest BCUT2D eigenvalue weighted by atomic mass is 9.97. The molecule has 5 fully saturated rings. The molecule has 44 heavy (non-hydrogen) atoms. The Morgan fingerprint density at radius 2 is 1.55 bits per heavy atom. The lowest BCUT2D eigenvalue weighted by Crippen LogP contribution is -2.51. The van der Waals surface area contributed by atoms with Gasteiger partial charge in [0.15, 0.2) is 11.6 Å². The fourth-order valence-electron chi connectivity index (χ4n) is 6.06. The number of hydrogen-bond donors (Lipinski definition) is 2. The van der Waals surface area contributed by atoms with Crippen molar-refractivity contribution >= 4 is 24.0 Å². The highest BCUT2D eigenvalue weighted by Gasteiger charge is 2.43. The molecule has 1 aliphatic carbocycles. The Kier molecular flexibility index (Phi) is 8.78. The van der Waals surface area contributed by atoms with Gasteiger partial charge in [-0.2, -0.15) is 0 Å². The predicted octanol–water partition coefficient (Wildman–Crippen LogP) is 1.57. The summed E-state index contributed by atoms with van der Waals surface area (Å²) in [7, 11) is 0. The van der Waals surface area contributed by atoms with Gasteiger partial charge in [-0.3, -0.25) is 14.5 Å². The average Bonchev–Trinajstić information content (AvgIpc) is 3.83. The summed E-state index contributed by atoms with van der Waals surface area (Å²) in [5.41, 5.74) is 3.16. The Balaban J connectivity index is 0.000000165. The zero-order valence-corrected chi connectivity index (χ0v) is 25.4.